The molecule has 0 aliphatic heterocycles. The van der Waals surface area contributed by atoms with E-state index in [1.807, 2.05) is 37.0 Å². The Hall–Kier alpha value is -0.960. The fourth-order valence-corrected chi connectivity index (χ4v) is 4.33. The summed E-state index contributed by atoms with van der Waals surface area (Å²) < 4.78 is 0. The van der Waals surface area contributed by atoms with Crippen molar-refractivity contribution in [3.8, 4) is 0 Å². The molecule has 0 amide bonds. The fraction of sp³-hybridized carbons (Fsp3) is 0.250. The molecule has 2 aromatic carbocycles. The van der Waals surface area contributed by atoms with Gasteiger partial charge >= 0.3 is 0 Å². The second-order valence-electron chi connectivity index (χ2n) is 4.76. The van der Waals surface area contributed by atoms with Gasteiger partial charge in [0.25, 0.3) is 0 Å². The maximum atomic E-state index is 6.26. The SMILES string of the molecule is CNC1c2ccccc2CC1Sc1ccccc1Cl. The van der Waals surface area contributed by atoms with Crippen LogP contribution in [0.5, 0.6) is 0 Å². The average Bonchev–Trinajstić information content (AvgIpc) is 2.78. The summed E-state index contributed by atoms with van der Waals surface area (Å²) in [6, 6.07) is 17.2. The Morgan fingerprint density at radius 3 is 2.63 bits per heavy atom. The van der Waals surface area contributed by atoms with Gasteiger partial charge in [-0.2, -0.15) is 0 Å². The molecular formula is C16H16ClNS. The highest BCUT2D eigenvalue weighted by molar-refractivity contribution is 8.00. The Bertz CT molecular complexity index is 584. The Kier molecular flexibility index (Phi) is 3.83. The first-order valence-electron chi connectivity index (χ1n) is 6.46. The zero-order chi connectivity index (χ0) is 13.2. The van der Waals surface area contributed by atoms with Crippen LogP contribution in [0, 0.1) is 0 Å². The van der Waals surface area contributed by atoms with Crippen LogP contribution >= 0.6 is 23.4 Å². The topological polar surface area (TPSA) is 12.0 Å². The number of thioether (sulfide) groups is 1. The lowest BCUT2D eigenvalue weighted by molar-refractivity contribution is 0.603. The smallest absolute Gasteiger partial charge is 0.0541 e. The number of halogens is 1. The molecule has 2 unspecified atom stereocenters. The minimum Gasteiger partial charge on any atom is -0.312 e. The van der Waals surface area contributed by atoms with Gasteiger partial charge in [0.2, 0.25) is 0 Å². The summed E-state index contributed by atoms with van der Waals surface area (Å²) in [5.41, 5.74) is 2.88. The number of benzene rings is 2. The molecule has 1 N–H and O–H groups in total. The molecule has 98 valence electrons. The van der Waals surface area contributed by atoms with Gasteiger partial charge in [0.1, 0.15) is 0 Å². The van der Waals surface area contributed by atoms with E-state index in [4.69, 9.17) is 11.6 Å². The molecule has 19 heavy (non-hydrogen) atoms. The normalized spacial score (nSPS) is 21.4. The van der Waals surface area contributed by atoms with E-state index in [0.29, 0.717) is 11.3 Å². The monoisotopic (exact) mass is 289 g/mol. The molecule has 2 atom stereocenters. The van der Waals surface area contributed by atoms with Crippen molar-refractivity contribution in [2.75, 3.05) is 7.05 Å². The summed E-state index contributed by atoms with van der Waals surface area (Å²) in [6.07, 6.45) is 1.09. The standard InChI is InChI=1S/C16H16ClNS/c1-18-16-12-7-3-2-6-11(12)10-15(16)19-14-9-5-4-8-13(14)17/h2-9,15-16,18H,10H2,1H3. The van der Waals surface area contributed by atoms with Gasteiger partial charge in [-0.25, -0.2) is 0 Å². The van der Waals surface area contributed by atoms with E-state index in [2.05, 4.69) is 35.6 Å². The second kappa shape index (κ2) is 5.58. The molecule has 1 aliphatic carbocycles. The van der Waals surface area contributed by atoms with Crippen molar-refractivity contribution in [3.63, 3.8) is 0 Å². The van der Waals surface area contributed by atoms with E-state index in [1.54, 1.807) is 0 Å². The summed E-state index contributed by atoms with van der Waals surface area (Å²) in [5, 5.41) is 4.79. The van der Waals surface area contributed by atoms with Crippen molar-refractivity contribution < 1.29 is 0 Å². The number of fused-ring (bicyclic) bond motifs is 1. The summed E-state index contributed by atoms with van der Waals surface area (Å²) in [7, 11) is 2.03. The molecule has 1 aliphatic rings. The van der Waals surface area contributed by atoms with Crippen LogP contribution < -0.4 is 5.32 Å². The van der Waals surface area contributed by atoms with Crippen molar-refractivity contribution >= 4 is 23.4 Å². The van der Waals surface area contributed by atoms with Gasteiger partial charge in [0, 0.05) is 16.2 Å². The number of hydrogen-bond donors (Lipinski definition) is 1. The van der Waals surface area contributed by atoms with E-state index < -0.39 is 0 Å². The molecule has 0 fully saturated rings. The van der Waals surface area contributed by atoms with E-state index in [1.165, 1.54) is 16.0 Å². The van der Waals surface area contributed by atoms with Gasteiger partial charge in [-0.3, -0.25) is 0 Å². The predicted octanol–water partition coefficient (Wildman–Crippen LogP) is 4.32. The van der Waals surface area contributed by atoms with Crippen LogP contribution in [0.3, 0.4) is 0 Å². The van der Waals surface area contributed by atoms with Gasteiger partial charge in [-0.15, -0.1) is 11.8 Å². The number of nitrogens with one attached hydrogen (secondary N) is 1. The molecule has 2 aromatic rings. The maximum Gasteiger partial charge on any atom is 0.0541 e. The van der Waals surface area contributed by atoms with Gasteiger partial charge in [0.15, 0.2) is 0 Å². The highest BCUT2D eigenvalue weighted by Crippen LogP contribution is 2.42. The molecule has 0 saturated carbocycles. The third kappa shape index (κ3) is 2.53. The molecule has 0 radical (unpaired) electrons. The maximum absolute atomic E-state index is 6.26. The molecule has 0 bridgehead atoms. The Balaban J connectivity index is 1.86. The van der Waals surface area contributed by atoms with Crippen LogP contribution in [-0.4, -0.2) is 12.3 Å². The zero-order valence-corrected chi connectivity index (χ0v) is 12.3. The average molecular weight is 290 g/mol. The van der Waals surface area contributed by atoms with Crippen molar-refractivity contribution in [1.82, 2.24) is 5.32 Å². The third-order valence-corrected chi connectivity index (χ3v) is 5.40. The second-order valence-corrected chi connectivity index (χ2v) is 6.44. The van der Waals surface area contributed by atoms with Crippen LogP contribution in [0.1, 0.15) is 17.2 Å². The molecule has 0 heterocycles. The highest BCUT2D eigenvalue weighted by Gasteiger charge is 2.31. The van der Waals surface area contributed by atoms with Crippen molar-refractivity contribution in [1.29, 1.82) is 0 Å². The zero-order valence-electron chi connectivity index (χ0n) is 10.8. The quantitative estimate of drug-likeness (QED) is 0.903. The summed E-state index contributed by atoms with van der Waals surface area (Å²) >= 11 is 8.14. The van der Waals surface area contributed by atoms with Crippen LogP contribution in [0.4, 0.5) is 0 Å². The van der Waals surface area contributed by atoms with Gasteiger partial charge < -0.3 is 5.32 Å². The lowest BCUT2D eigenvalue weighted by atomic mass is 10.1. The molecule has 3 heteroatoms. The fourth-order valence-electron chi connectivity index (χ4n) is 2.71. The third-order valence-electron chi connectivity index (χ3n) is 3.61. The minimum absolute atomic E-state index is 0.400. The van der Waals surface area contributed by atoms with E-state index in [-0.39, 0.29) is 0 Å². The number of hydrogen-bond acceptors (Lipinski definition) is 2. The number of rotatable bonds is 3. The van der Waals surface area contributed by atoms with E-state index in [9.17, 15) is 0 Å². The Morgan fingerprint density at radius 1 is 1.11 bits per heavy atom. The van der Waals surface area contributed by atoms with E-state index >= 15 is 0 Å². The molecule has 3 rings (SSSR count). The summed E-state index contributed by atoms with van der Waals surface area (Å²) in [6.45, 7) is 0. The lowest BCUT2D eigenvalue weighted by Gasteiger charge is -2.20. The van der Waals surface area contributed by atoms with Crippen molar-refractivity contribution in [2.45, 2.75) is 22.6 Å². The summed E-state index contributed by atoms with van der Waals surface area (Å²) in [5.74, 6) is 0. The summed E-state index contributed by atoms with van der Waals surface area (Å²) in [4.78, 5) is 1.17. The molecule has 0 spiro atoms. The van der Waals surface area contributed by atoms with E-state index in [0.717, 1.165) is 11.4 Å². The Labute approximate surface area is 123 Å². The largest absolute Gasteiger partial charge is 0.312 e. The first-order valence-corrected chi connectivity index (χ1v) is 7.71. The van der Waals surface area contributed by atoms with Gasteiger partial charge in [0.05, 0.1) is 5.02 Å². The van der Waals surface area contributed by atoms with Crippen LogP contribution in [0.15, 0.2) is 53.4 Å². The predicted molar refractivity (Wildman–Crippen MR) is 83.0 cm³/mol. The van der Waals surface area contributed by atoms with Crippen LogP contribution in [0.25, 0.3) is 0 Å². The molecule has 1 nitrogen and oxygen atoms in total. The van der Waals surface area contributed by atoms with Crippen LogP contribution in [0.2, 0.25) is 5.02 Å². The first kappa shape index (κ1) is 13.0. The minimum atomic E-state index is 0.400. The molecule has 0 aromatic heterocycles. The molecular weight excluding hydrogens is 274 g/mol. The van der Waals surface area contributed by atoms with Gasteiger partial charge in [-0.1, -0.05) is 48.0 Å². The highest BCUT2D eigenvalue weighted by atomic mass is 35.5. The van der Waals surface area contributed by atoms with Crippen molar-refractivity contribution in [3.05, 3.63) is 64.7 Å². The van der Waals surface area contributed by atoms with Gasteiger partial charge in [-0.05, 0) is 36.7 Å². The lowest BCUT2D eigenvalue weighted by Crippen LogP contribution is -2.23. The molecule has 0 saturated heterocycles. The van der Waals surface area contributed by atoms with Crippen LogP contribution in [-0.2, 0) is 6.42 Å². The first-order chi connectivity index (χ1) is 9.29. The van der Waals surface area contributed by atoms with Crippen molar-refractivity contribution in [2.24, 2.45) is 0 Å². The Morgan fingerprint density at radius 2 is 1.84 bits per heavy atom.